The smallest absolute Gasteiger partial charge is 0.195 e. The molecule has 0 aromatic carbocycles. The molecule has 0 radical (unpaired) electrons. The quantitative estimate of drug-likeness (QED) is 0.259. The second kappa shape index (κ2) is 1.93. The highest BCUT2D eigenvalue weighted by Crippen LogP contribution is 2.05. The molecule has 0 aromatic rings. The maximum Gasteiger partial charge on any atom is 0.195 e. The zero-order valence-electron chi connectivity index (χ0n) is 4.70. The van der Waals surface area contributed by atoms with Crippen molar-refractivity contribution in [3.8, 4) is 0 Å². The maximum absolute atomic E-state index is 5.47. The molecule has 0 aromatic heterocycles. The molecule has 0 amide bonds. The average molecular weight is 144 g/mol. The van der Waals surface area contributed by atoms with Crippen molar-refractivity contribution in [2.24, 2.45) is 16.5 Å². The fraction of sp³-hybridized carbons (Fsp3) is 0.250. The van der Waals surface area contributed by atoms with E-state index >= 15 is 0 Å². The van der Waals surface area contributed by atoms with Crippen LogP contribution < -0.4 is 16.8 Å². The molecular formula is C4H8N4S. The Morgan fingerprint density at radius 2 is 2.44 bits per heavy atom. The van der Waals surface area contributed by atoms with Gasteiger partial charge in [0.15, 0.2) is 11.0 Å². The van der Waals surface area contributed by atoms with E-state index in [1.807, 2.05) is 0 Å². The fourth-order valence-electron chi connectivity index (χ4n) is 0.510. The molecule has 1 rings (SSSR count). The van der Waals surface area contributed by atoms with E-state index in [0.29, 0.717) is 0 Å². The van der Waals surface area contributed by atoms with Crippen LogP contribution >= 0.6 is 12.6 Å². The van der Waals surface area contributed by atoms with Gasteiger partial charge in [0.25, 0.3) is 0 Å². The third-order valence-corrected chi connectivity index (χ3v) is 1.13. The van der Waals surface area contributed by atoms with Crippen LogP contribution in [0.15, 0.2) is 17.3 Å². The summed E-state index contributed by atoms with van der Waals surface area (Å²) >= 11 is 4.00. The van der Waals surface area contributed by atoms with Crippen LogP contribution in [0.2, 0.25) is 0 Å². The number of rotatable bonds is 0. The lowest BCUT2D eigenvalue weighted by atomic mass is 10.4. The summed E-state index contributed by atoms with van der Waals surface area (Å²) in [6, 6.07) is 0. The van der Waals surface area contributed by atoms with Crippen LogP contribution in [-0.4, -0.2) is 11.0 Å². The molecule has 0 aliphatic carbocycles. The van der Waals surface area contributed by atoms with Crippen LogP contribution in [0.1, 0.15) is 0 Å². The largest absolute Gasteiger partial charge is 0.370 e. The monoisotopic (exact) mass is 144 g/mol. The molecule has 0 spiro atoms. The first-order valence-electron chi connectivity index (χ1n) is 2.40. The molecule has 0 fully saturated rings. The standard InChI is InChI=1S/C4H8N4S/c5-3-7-2-1-4(6,9)8-3/h1-2,9H,6H2,(H3,5,7,8). The second-order valence-electron chi connectivity index (χ2n) is 1.78. The van der Waals surface area contributed by atoms with Gasteiger partial charge in [-0.15, -0.1) is 12.6 Å². The van der Waals surface area contributed by atoms with E-state index in [9.17, 15) is 0 Å². The highest BCUT2D eigenvalue weighted by molar-refractivity contribution is 7.81. The Kier molecular flexibility index (Phi) is 1.38. The molecule has 1 aliphatic rings. The molecule has 5 N–H and O–H groups in total. The number of nitrogens with two attached hydrogens (primary N) is 2. The number of aliphatic imine (C=N–C) groups is 1. The average Bonchev–Trinajstić information content (AvgIpc) is 1.60. The van der Waals surface area contributed by atoms with Gasteiger partial charge in [0, 0.05) is 6.20 Å². The van der Waals surface area contributed by atoms with Gasteiger partial charge in [-0.25, -0.2) is 4.99 Å². The van der Waals surface area contributed by atoms with E-state index in [0.717, 1.165) is 0 Å². The third kappa shape index (κ3) is 1.62. The van der Waals surface area contributed by atoms with Crippen molar-refractivity contribution in [3.63, 3.8) is 0 Å². The van der Waals surface area contributed by atoms with Gasteiger partial charge in [-0.1, -0.05) is 0 Å². The first kappa shape index (κ1) is 6.44. The van der Waals surface area contributed by atoms with Crippen molar-refractivity contribution in [3.05, 3.63) is 12.3 Å². The van der Waals surface area contributed by atoms with Crippen LogP contribution in [-0.2, 0) is 0 Å². The van der Waals surface area contributed by atoms with E-state index in [2.05, 4.69) is 22.9 Å². The number of hydrogen-bond donors (Lipinski definition) is 4. The van der Waals surface area contributed by atoms with Crippen LogP contribution in [0, 0.1) is 0 Å². The predicted octanol–water partition coefficient (Wildman–Crippen LogP) is -1.04. The SMILES string of the molecule is NC1=NC=CC(N)(S)N1. The highest BCUT2D eigenvalue weighted by atomic mass is 32.1. The van der Waals surface area contributed by atoms with E-state index in [4.69, 9.17) is 11.5 Å². The van der Waals surface area contributed by atoms with Crippen molar-refractivity contribution in [2.45, 2.75) is 4.99 Å². The van der Waals surface area contributed by atoms with Crippen LogP contribution in [0.4, 0.5) is 0 Å². The number of nitrogens with one attached hydrogen (secondary N) is 1. The first-order valence-corrected chi connectivity index (χ1v) is 2.85. The second-order valence-corrected chi connectivity index (χ2v) is 2.52. The molecule has 9 heavy (non-hydrogen) atoms. The Bertz CT molecular complexity index is 171. The molecule has 50 valence electrons. The minimum atomic E-state index is -0.841. The molecule has 0 saturated heterocycles. The van der Waals surface area contributed by atoms with Crippen molar-refractivity contribution < 1.29 is 0 Å². The molecule has 5 heteroatoms. The van der Waals surface area contributed by atoms with Crippen molar-refractivity contribution >= 4 is 18.6 Å². The van der Waals surface area contributed by atoms with Gasteiger partial charge in [0.2, 0.25) is 0 Å². The van der Waals surface area contributed by atoms with Crippen molar-refractivity contribution in [2.75, 3.05) is 0 Å². The Labute approximate surface area is 58.4 Å². The minimum absolute atomic E-state index is 0.287. The van der Waals surface area contributed by atoms with Crippen LogP contribution in [0.3, 0.4) is 0 Å². The van der Waals surface area contributed by atoms with E-state index < -0.39 is 4.99 Å². The maximum atomic E-state index is 5.47. The highest BCUT2D eigenvalue weighted by Gasteiger charge is 2.17. The molecule has 0 bridgehead atoms. The van der Waals surface area contributed by atoms with Crippen molar-refractivity contribution in [1.29, 1.82) is 0 Å². The summed E-state index contributed by atoms with van der Waals surface area (Å²) in [6.07, 6.45) is 3.12. The first-order chi connectivity index (χ1) is 4.10. The normalized spacial score (nSPS) is 33.3. The molecule has 0 saturated carbocycles. The summed E-state index contributed by atoms with van der Waals surface area (Å²) in [6.45, 7) is 0. The van der Waals surface area contributed by atoms with Gasteiger partial charge < -0.3 is 11.1 Å². The zero-order valence-corrected chi connectivity index (χ0v) is 5.60. The summed E-state index contributed by atoms with van der Waals surface area (Å²) < 4.78 is 0. The van der Waals surface area contributed by atoms with Gasteiger partial charge in [-0.05, 0) is 6.08 Å². The Hall–Kier alpha value is -0.680. The molecule has 1 heterocycles. The molecule has 1 atom stereocenters. The van der Waals surface area contributed by atoms with Gasteiger partial charge in [-0.3, -0.25) is 5.73 Å². The number of hydrogen-bond acceptors (Lipinski definition) is 5. The molecule has 1 aliphatic heterocycles. The molecular weight excluding hydrogens is 136 g/mol. The lowest BCUT2D eigenvalue weighted by Crippen LogP contribution is -2.53. The number of nitrogens with zero attached hydrogens (tertiary/aromatic N) is 1. The summed E-state index contributed by atoms with van der Waals surface area (Å²) in [7, 11) is 0. The van der Waals surface area contributed by atoms with E-state index in [1.54, 1.807) is 6.08 Å². The minimum Gasteiger partial charge on any atom is -0.370 e. The summed E-state index contributed by atoms with van der Waals surface area (Å²) in [5, 5.41) is 2.64. The lowest BCUT2D eigenvalue weighted by molar-refractivity contribution is 0.692. The van der Waals surface area contributed by atoms with Crippen LogP contribution in [0.25, 0.3) is 0 Å². The van der Waals surface area contributed by atoms with E-state index in [-0.39, 0.29) is 5.96 Å². The molecule has 4 nitrogen and oxygen atoms in total. The third-order valence-electron chi connectivity index (χ3n) is 0.871. The van der Waals surface area contributed by atoms with Crippen LogP contribution in [0.5, 0.6) is 0 Å². The Morgan fingerprint density at radius 3 is 2.78 bits per heavy atom. The van der Waals surface area contributed by atoms with Gasteiger partial charge in [0.05, 0.1) is 0 Å². The summed E-state index contributed by atoms with van der Waals surface area (Å²) in [5.74, 6) is 0.287. The Morgan fingerprint density at radius 1 is 1.78 bits per heavy atom. The topological polar surface area (TPSA) is 76.4 Å². The lowest BCUT2D eigenvalue weighted by Gasteiger charge is -2.23. The Balaban J connectivity index is 2.73. The number of thiol groups is 1. The number of guanidine groups is 1. The predicted molar refractivity (Wildman–Crippen MR) is 39.8 cm³/mol. The van der Waals surface area contributed by atoms with Gasteiger partial charge in [0.1, 0.15) is 0 Å². The summed E-state index contributed by atoms with van der Waals surface area (Å²) in [4.78, 5) is 2.86. The fourth-order valence-corrected chi connectivity index (χ4v) is 0.692. The van der Waals surface area contributed by atoms with Crippen molar-refractivity contribution in [1.82, 2.24) is 5.32 Å². The van der Waals surface area contributed by atoms with E-state index in [1.165, 1.54) is 6.20 Å². The van der Waals surface area contributed by atoms with Gasteiger partial charge in [-0.2, -0.15) is 0 Å². The van der Waals surface area contributed by atoms with Gasteiger partial charge >= 0.3 is 0 Å². The zero-order chi connectivity index (χ0) is 6.91. The summed E-state index contributed by atoms with van der Waals surface area (Å²) in [5.41, 5.74) is 10.7. The molecule has 1 unspecified atom stereocenters.